The molecule has 0 saturated carbocycles. The lowest BCUT2D eigenvalue weighted by atomic mass is 9.87. The van der Waals surface area contributed by atoms with Crippen LogP contribution in [0.4, 0.5) is 5.69 Å². The Hall–Kier alpha value is -1.77. The first-order chi connectivity index (χ1) is 8.34. The van der Waals surface area contributed by atoms with Gasteiger partial charge in [-0.15, -0.1) is 0 Å². The van der Waals surface area contributed by atoms with Crippen molar-refractivity contribution in [1.82, 2.24) is 0 Å². The highest BCUT2D eigenvalue weighted by atomic mass is 16.1. The summed E-state index contributed by atoms with van der Waals surface area (Å²) in [6.07, 6.45) is 3.07. The van der Waals surface area contributed by atoms with Gasteiger partial charge in [-0.1, -0.05) is 13.0 Å². The van der Waals surface area contributed by atoms with Crippen LogP contribution in [0.1, 0.15) is 49.2 Å². The van der Waals surface area contributed by atoms with Gasteiger partial charge in [0.15, 0.2) is 0 Å². The Labute approximate surface area is 108 Å². The number of fused-ring (bicyclic) bond motifs is 1. The van der Waals surface area contributed by atoms with Crippen molar-refractivity contribution >= 4 is 17.2 Å². The minimum Gasteiger partial charge on any atom is -0.376 e. The molecule has 1 amide bonds. The van der Waals surface area contributed by atoms with Crippen molar-refractivity contribution in [2.45, 2.75) is 39.7 Å². The van der Waals surface area contributed by atoms with E-state index >= 15 is 0 Å². The van der Waals surface area contributed by atoms with Crippen LogP contribution in [-0.4, -0.2) is 11.4 Å². The lowest BCUT2D eigenvalue weighted by Crippen LogP contribution is -2.33. The second-order valence-electron chi connectivity index (χ2n) is 5.46. The second-order valence-corrected chi connectivity index (χ2v) is 5.46. The molecule has 3 N–H and O–H groups in total. The van der Waals surface area contributed by atoms with E-state index in [1.165, 1.54) is 5.57 Å². The van der Waals surface area contributed by atoms with Crippen molar-refractivity contribution in [2.24, 2.45) is 5.73 Å². The Morgan fingerprint density at radius 1 is 1.39 bits per heavy atom. The summed E-state index contributed by atoms with van der Waals surface area (Å²) in [5.74, 6) is -0.375. The number of carbonyl (C=O) groups excluding carboxylic acids is 1. The Kier molecular flexibility index (Phi) is 2.93. The van der Waals surface area contributed by atoms with Crippen LogP contribution in [0.5, 0.6) is 0 Å². The van der Waals surface area contributed by atoms with Crippen molar-refractivity contribution in [3.05, 3.63) is 34.9 Å². The normalized spacial score (nSPS) is 16.6. The van der Waals surface area contributed by atoms with Crippen LogP contribution in [0.2, 0.25) is 0 Å². The van der Waals surface area contributed by atoms with E-state index in [-0.39, 0.29) is 11.4 Å². The summed E-state index contributed by atoms with van der Waals surface area (Å²) in [7, 11) is 0. The fourth-order valence-corrected chi connectivity index (χ4v) is 2.52. The lowest BCUT2D eigenvalue weighted by Gasteiger charge is -2.33. The molecule has 3 nitrogen and oxygen atoms in total. The molecule has 18 heavy (non-hydrogen) atoms. The minimum absolute atomic E-state index is 0.158. The number of hydrogen-bond donors (Lipinski definition) is 2. The van der Waals surface area contributed by atoms with Crippen LogP contribution in [0.25, 0.3) is 5.57 Å². The SMILES string of the molecule is CCc1cc(C(N)=O)c2c(c1)C(C)=CC(C)(C)N2. The van der Waals surface area contributed by atoms with E-state index in [9.17, 15) is 4.79 Å². The van der Waals surface area contributed by atoms with Crippen molar-refractivity contribution in [3.63, 3.8) is 0 Å². The third kappa shape index (κ3) is 2.13. The smallest absolute Gasteiger partial charge is 0.250 e. The fraction of sp³-hybridized carbons (Fsp3) is 0.400. The average molecular weight is 244 g/mol. The highest BCUT2D eigenvalue weighted by Gasteiger charge is 2.26. The van der Waals surface area contributed by atoms with Crippen molar-refractivity contribution in [3.8, 4) is 0 Å². The first kappa shape index (κ1) is 12.7. The van der Waals surface area contributed by atoms with Gasteiger partial charge in [-0.05, 0) is 50.5 Å². The summed E-state index contributed by atoms with van der Waals surface area (Å²) < 4.78 is 0. The molecule has 0 bridgehead atoms. The molecule has 1 aliphatic heterocycles. The molecule has 0 radical (unpaired) electrons. The molecule has 1 aromatic carbocycles. The molecule has 1 aliphatic rings. The summed E-state index contributed by atoms with van der Waals surface area (Å²) in [6, 6.07) is 4.03. The fourth-order valence-electron chi connectivity index (χ4n) is 2.52. The van der Waals surface area contributed by atoms with Crippen molar-refractivity contribution in [1.29, 1.82) is 0 Å². The molecule has 0 aromatic heterocycles. The van der Waals surface area contributed by atoms with Crippen LogP contribution in [-0.2, 0) is 6.42 Å². The highest BCUT2D eigenvalue weighted by molar-refractivity contribution is 6.02. The number of benzene rings is 1. The van der Waals surface area contributed by atoms with Gasteiger partial charge in [-0.3, -0.25) is 4.79 Å². The van der Waals surface area contributed by atoms with Gasteiger partial charge >= 0.3 is 0 Å². The van der Waals surface area contributed by atoms with Gasteiger partial charge < -0.3 is 11.1 Å². The predicted octanol–water partition coefficient (Wildman–Crippen LogP) is 2.96. The molecule has 96 valence electrons. The molecule has 0 aliphatic carbocycles. The standard InChI is InChI=1S/C15H20N2O/c1-5-10-6-11-9(2)8-15(3,4)17-13(11)12(7-10)14(16)18/h6-8,17H,5H2,1-4H3,(H2,16,18). The summed E-state index contributed by atoms with van der Waals surface area (Å²) in [4.78, 5) is 11.6. The van der Waals surface area contributed by atoms with Crippen molar-refractivity contribution in [2.75, 3.05) is 5.32 Å². The number of anilines is 1. The van der Waals surface area contributed by atoms with E-state index in [1.807, 2.05) is 6.07 Å². The Bertz CT molecular complexity index is 542. The molecular weight excluding hydrogens is 224 g/mol. The van der Waals surface area contributed by atoms with Gasteiger partial charge in [0.2, 0.25) is 0 Å². The van der Waals surface area contributed by atoms with Gasteiger partial charge in [0, 0.05) is 5.56 Å². The van der Waals surface area contributed by atoms with E-state index in [2.05, 4.69) is 45.2 Å². The summed E-state index contributed by atoms with van der Waals surface area (Å²) in [6.45, 7) is 8.31. The molecule has 0 unspecified atom stereocenters. The Balaban J connectivity index is 2.70. The van der Waals surface area contributed by atoms with Crippen LogP contribution < -0.4 is 11.1 Å². The third-order valence-corrected chi connectivity index (χ3v) is 3.32. The molecule has 0 fully saturated rings. The zero-order chi connectivity index (χ0) is 13.5. The summed E-state index contributed by atoms with van der Waals surface area (Å²) in [5.41, 5.74) is 10.2. The van der Waals surface area contributed by atoms with E-state index in [0.717, 1.165) is 23.2 Å². The number of allylic oxidation sites excluding steroid dienone is 1. The topological polar surface area (TPSA) is 55.1 Å². The quantitative estimate of drug-likeness (QED) is 0.840. The highest BCUT2D eigenvalue weighted by Crippen LogP contribution is 2.36. The lowest BCUT2D eigenvalue weighted by molar-refractivity contribution is 0.100. The van der Waals surface area contributed by atoms with Gasteiger partial charge in [0.05, 0.1) is 16.8 Å². The van der Waals surface area contributed by atoms with Gasteiger partial charge in [-0.2, -0.15) is 0 Å². The number of primary amides is 1. The maximum absolute atomic E-state index is 11.6. The molecule has 0 atom stereocenters. The number of nitrogens with one attached hydrogen (secondary N) is 1. The Morgan fingerprint density at radius 2 is 2.06 bits per heavy atom. The zero-order valence-corrected chi connectivity index (χ0v) is 11.4. The number of carbonyl (C=O) groups is 1. The third-order valence-electron chi connectivity index (χ3n) is 3.32. The van der Waals surface area contributed by atoms with E-state index < -0.39 is 0 Å². The van der Waals surface area contributed by atoms with E-state index in [0.29, 0.717) is 5.56 Å². The maximum atomic E-state index is 11.6. The number of rotatable bonds is 2. The molecule has 2 rings (SSSR count). The monoisotopic (exact) mass is 244 g/mol. The molecule has 0 saturated heterocycles. The largest absolute Gasteiger partial charge is 0.376 e. The first-order valence-corrected chi connectivity index (χ1v) is 6.29. The van der Waals surface area contributed by atoms with Gasteiger partial charge in [0.1, 0.15) is 0 Å². The maximum Gasteiger partial charge on any atom is 0.250 e. The zero-order valence-electron chi connectivity index (χ0n) is 11.4. The summed E-state index contributed by atoms with van der Waals surface area (Å²) >= 11 is 0. The molecule has 0 spiro atoms. The van der Waals surface area contributed by atoms with Gasteiger partial charge in [-0.25, -0.2) is 0 Å². The van der Waals surface area contributed by atoms with Crippen LogP contribution in [0.15, 0.2) is 18.2 Å². The molecule has 1 heterocycles. The predicted molar refractivity (Wildman–Crippen MR) is 75.7 cm³/mol. The summed E-state index contributed by atoms with van der Waals surface area (Å²) in [5, 5.41) is 3.39. The number of nitrogens with two attached hydrogens (primary N) is 1. The van der Waals surface area contributed by atoms with Crippen LogP contribution >= 0.6 is 0 Å². The average Bonchev–Trinajstić information content (AvgIpc) is 2.26. The number of hydrogen-bond acceptors (Lipinski definition) is 2. The van der Waals surface area contributed by atoms with Gasteiger partial charge in [0.25, 0.3) is 5.91 Å². The van der Waals surface area contributed by atoms with Crippen molar-refractivity contribution < 1.29 is 4.79 Å². The number of amides is 1. The van der Waals surface area contributed by atoms with Crippen LogP contribution in [0.3, 0.4) is 0 Å². The first-order valence-electron chi connectivity index (χ1n) is 6.29. The molecule has 1 aromatic rings. The molecular formula is C15H20N2O. The second kappa shape index (κ2) is 4.16. The minimum atomic E-state index is -0.375. The Morgan fingerprint density at radius 3 is 2.61 bits per heavy atom. The van der Waals surface area contributed by atoms with Crippen LogP contribution in [0, 0.1) is 0 Å². The van der Waals surface area contributed by atoms with E-state index in [4.69, 9.17) is 5.73 Å². The molecule has 3 heteroatoms. The number of aryl methyl sites for hydroxylation is 1. The van der Waals surface area contributed by atoms with E-state index in [1.54, 1.807) is 0 Å².